The second-order valence-electron chi connectivity index (χ2n) is 4.94. The highest BCUT2D eigenvalue weighted by atomic mass is 16.5. The van der Waals surface area contributed by atoms with E-state index in [2.05, 4.69) is 13.0 Å². The lowest BCUT2D eigenvalue weighted by atomic mass is 9.95. The van der Waals surface area contributed by atoms with Gasteiger partial charge in [-0.1, -0.05) is 48.0 Å². The Labute approximate surface area is 114 Å². The summed E-state index contributed by atoms with van der Waals surface area (Å²) in [7, 11) is 1.68. The van der Waals surface area contributed by atoms with E-state index in [-0.39, 0.29) is 0 Å². The monoisotopic (exact) mass is 256 g/mol. The van der Waals surface area contributed by atoms with Crippen LogP contribution in [0, 0.1) is 13.8 Å². The topological polar surface area (TPSA) is 29.5 Å². The minimum Gasteiger partial charge on any atom is -0.384 e. The number of aryl methyl sites for hydroxylation is 2. The van der Waals surface area contributed by atoms with Gasteiger partial charge in [-0.15, -0.1) is 0 Å². The molecule has 2 aromatic rings. The van der Waals surface area contributed by atoms with Gasteiger partial charge in [0.25, 0.3) is 0 Å². The van der Waals surface area contributed by atoms with Gasteiger partial charge in [0.15, 0.2) is 0 Å². The lowest BCUT2D eigenvalue weighted by Gasteiger charge is -2.15. The van der Waals surface area contributed by atoms with Gasteiger partial charge in [0.05, 0.1) is 6.61 Å². The molecule has 1 N–H and O–H groups in total. The van der Waals surface area contributed by atoms with Crippen molar-refractivity contribution in [2.24, 2.45) is 0 Å². The molecule has 0 bridgehead atoms. The summed E-state index contributed by atoms with van der Waals surface area (Å²) < 4.78 is 5.08. The molecule has 19 heavy (non-hydrogen) atoms. The smallest absolute Gasteiger partial charge is 0.104 e. The van der Waals surface area contributed by atoms with Crippen molar-refractivity contribution in [1.82, 2.24) is 0 Å². The number of benzene rings is 2. The summed E-state index contributed by atoms with van der Waals surface area (Å²) in [5, 5.41) is 10.5. The van der Waals surface area contributed by atoms with Crippen molar-refractivity contribution in [2.45, 2.75) is 26.6 Å². The maximum absolute atomic E-state index is 10.5. The molecule has 2 heteroatoms. The lowest BCUT2D eigenvalue weighted by molar-refractivity contribution is 0.184. The Morgan fingerprint density at radius 1 is 1.05 bits per heavy atom. The van der Waals surface area contributed by atoms with Gasteiger partial charge in [-0.05, 0) is 36.1 Å². The number of aliphatic hydroxyl groups excluding tert-OH is 1. The van der Waals surface area contributed by atoms with Crippen LogP contribution in [0.3, 0.4) is 0 Å². The Balaban J connectivity index is 2.25. The van der Waals surface area contributed by atoms with Crippen LogP contribution in [-0.2, 0) is 11.3 Å². The van der Waals surface area contributed by atoms with Crippen LogP contribution in [0.25, 0.3) is 0 Å². The summed E-state index contributed by atoms with van der Waals surface area (Å²) >= 11 is 0. The van der Waals surface area contributed by atoms with E-state index in [4.69, 9.17) is 4.74 Å². The highest BCUT2D eigenvalue weighted by Gasteiger charge is 2.12. The first-order chi connectivity index (χ1) is 9.11. The summed E-state index contributed by atoms with van der Waals surface area (Å²) in [6.07, 6.45) is -0.572. The molecule has 1 atom stereocenters. The van der Waals surface area contributed by atoms with Gasteiger partial charge in [-0.2, -0.15) is 0 Å². The second kappa shape index (κ2) is 6.00. The van der Waals surface area contributed by atoms with Crippen molar-refractivity contribution in [2.75, 3.05) is 7.11 Å². The molecule has 2 aromatic carbocycles. The molecular formula is C17H20O2. The van der Waals surface area contributed by atoms with E-state index in [0.717, 1.165) is 22.3 Å². The highest BCUT2D eigenvalue weighted by Crippen LogP contribution is 2.25. The Kier molecular flexibility index (Phi) is 4.35. The van der Waals surface area contributed by atoms with Crippen LogP contribution in [-0.4, -0.2) is 12.2 Å². The summed E-state index contributed by atoms with van der Waals surface area (Å²) in [6, 6.07) is 14.0. The maximum Gasteiger partial charge on any atom is 0.104 e. The molecule has 2 nitrogen and oxygen atoms in total. The minimum absolute atomic E-state index is 0.572. The number of ether oxygens (including phenoxy) is 1. The van der Waals surface area contributed by atoms with Gasteiger partial charge in [-0.25, -0.2) is 0 Å². The van der Waals surface area contributed by atoms with Gasteiger partial charge < -0.3 is 9.84 Å². The molecule has 0 aliphatic carbocycles. The van der Waals surface area contributed by atoms with E-state index >= 15 is 0 Å². The molecular weight excluding hydrogens is 236 g/mol. The molecule has 0 heterocycles. The zero-order valence-electron chi connectivity index (χ0n) is 11.7. The zero-order chi connectivity index (χ0) is 13.8. The highest BCUT2D eigenvalue weighted by molar-refractivity contribution is 5.38. The fraction of sp³-hybridized carbons (Fsp3) is 0.294. The molecule has 0 radical (unpaired) electrons. The molecule has 1 unspecified atom stereocenters. The largest absolute Gasteiger partial charge is 0.384 e. The molecule has 0 fully saturated rings. The van der Waals surface area contributed by atoms with Crippen LogP contribution in [0.2, 0.25) is 0 Å². The first kappa shape index (κ1) is 13.8. The third kappa shape index (κ3) is 3.22. The zero-order valence-corrected chi connectivity index (χ0v) is 11.7. The van der Waals surface area contributed by atoms with Gasteiger partial charge in [-0.3, -0.25) is 0 Å². The van der Waals surface area contributed by atoms with Gasteiger partial charge in [0.1, 0.15) is 6.10 Å². The molecule has 0 saturated carbocycles. The average Bonchev–Trinajstić information content (AvgIpc) is 2.39. The van der Waals surface area contributed by atoms with Crippen LogP contribution in [0.5, 0.6) is 0 Å². The van der Waals surface area contributed by atoms with E-state index in [1.165, 1.54) is 5.56 Å². The predicted octanol–water partition coefficient (Wildman–Crippen LogP) is 3.53. The normalized spacial score (nSPS) is 12.4. The standard InChI is InChI=1S/C17H20O2/c1-12-4-9-16(13(2)10-12)17(18)15-7-5-14(6-8-15)11-19-3/h4-10,17-18H,11H2,1-3H3. The van der Waals surface area contributed by atoms with Crippen molar-refractivity contribution in [3.05, 3.63) is 70.3 Å². The van der Waals surface area contributed by atoms with E-state index < -0.39 is 6.10 Å². The first-order valence-electron chi connectivity index (χ1n) is 6.45. The summed E-state index contributed by atoms with van der Waals surface area (Å²) in [5.74, 6) is 0. The number of hydrogen-bond acceptors (Lipinski definition) is 2. The summed E-state index contributed by atoms with van der Waals surface area (Å²) in [6.45, 7) is 4.69. The van der Waals surface area contributed by atoms with Gasteiger partial charge in [0, 0.05) is 7.11 Å². The Bertz CT molecular complexity index is 544. The van der Waals surface area contributed by atoms with Crippen molar-refractivity contribution >= 4 is 0 Å². The molecule has 0 aliphatic heterocycles. The minimum atomic E-state index is -0.572. The number of methoxy groups -OCH3 is 1. The van der Waals surface area contributed by atoms with Gasteiger partial charge in [0.2, 0.25) is 0 Å². The Morgan fingerprint density at radius 3 is 2.32 bits per heavy atom. The van der Waals surface area contributed by atoms with E-state index in [0.29, 0.717) is 6.61 Å². The Morgan fingerprint density at radius 2 is 1.74 bits per heavy atom. The first-order valence-corrected chi connectivity index (χ1v) is 6.45. The molecule has 0 saturated heterocycles. The molecule has 2 rings (SSSR count). The van der Waals surface area contributed by atoms with Crippen LogP contribution in [0.4, 0.5) is 0 Å². The number of hydrogen-bond donors (Lipinski definition) is 1. The van der Waals surface area contributed by atoms with E-state index in [1.807, 2.05) is 43.3 Å². The Hall–Kier alpha value is -1.64. The maximum atomic E-state index is 10.5. The van der Waals surface area contributed by atoms with Crippen LogP contribution < -0.4 is 0 Å². The third-order valence-electron chi connectivity index (χ3n) is 3.33. The predicted molar refractivity (Wildman–Crippen MR) is 77.1 cm³/mol. The number of rotatable bonds is 4. The van der Waals surface area contributed by atoms with E-state index in [9.17, 15) is 5.11 Å². The summed E-state index contributed by atoms with van der Waals surface area (Å²) in [4.78, 5) is 0. The summed E-state index contributed by atoms with van der Waals surface area (Å²) in [5.41, 5.74) is 5.31. The fourth-order valence-corrected chi connectivity index (χ4v) is 2.27. The second-order valence-corrected chi connectivity index (χ2v) is 4.94. The van der Waals surface area contributed by atoms with Crippen LogP contribution in [0.15, 0.2) is 42.5 Å². The molecule has 0 amide bonds. The van der Waals surface area contributed by atoms with Crippen LogP contribution >= 0.6 is 0 Å². The molecule has 0 aliphatic rings. The fourth-order valence-electron chi connectivity index (χ4n) is 2.27. The average molecular weight is 256 g/mol. The quantitative estimate of drug-likeness (QED) is 0.906. The van der Waals surface area contributed by atoms with E-state index in [1.54, 1.807) is 7.11 Å². The van der Waals surface area contributed by atoms with Gasteiger partial charge >= 0.3 is 0 Å². The van der Waals surface area contributed by atoms with Crippen molar-refractivity contribution in [3.63, 3.8) is 0 Å². The molecule has 0 aromatic heterocycles. The van der Waals surface area contributed by atoms with Crippen LogP contribution in [0.1, 0.15) is 33.9 Å². The SMILES string of the molecule is COCc1ccc(C(O)c2ccc(C)cc2C)cc1. The lowest BCUT2D eigenvalue weighted by Crippen LogP contribution is -2.02. The van der Waals surface area contributed by atoms with Crippen molar-refractivity contribution in [1.29, 1.82) is 0 Å². The van der Waals surface area contributed by atoms with Crippen molar-refractivity contribution in [3.8, 4) is 0 Å². The molecule has 0 spiro atoms. The molecule has 100 valence electrons. The number of aliphatic hydroxyl groups is 1. The third-order valence-corrected chi connectivity index (χ3v) is 3.33. The van der Waals surface area contributed by atoms with Crippen molar-refractivity contribution < 1.29 is 9.84 Å².